The van der Waals surface area contributed by atoms with Crippen molar-refractivity contribution in [2.45, 2.75) is 31.7 Å². The molecule has 0 atom stereocenters. The number of hydrogen-bond donors (Lipinski definition) is 0. The van der Waals surface area contributed by atoms with E-state index in [0.29, 0.717) is 0 Å². The van der Waals surface area contributed by atoms with E-state index in [1.165, 1.54) is 18.6 Å². The Kier molecular flexibility index (Phi) is 4.15. The molecule has 0 aliphatic heterocycles. The summed E-state index contributed by atoms with van der Waals surface area (Å²) in [6.07, 6.45) is 2.54. The molecular formula is C10H15NS. The van der Waals surface area contributed by atoms with Crippen molar-refractivity contribution in [2.75, 3.05) is 5.75 Å². The third-order valence-electron chi connectivity index (χ3n) is 1.61. The predicted octanol–water partition coefficient (Wildman–Crippen LogP) is 3.28. The summed E-state index contributed by atoms with van der Waals surface area (Å²) >= 11 is 1.85. The van der Waals surface area contributed by atoms with E-state index < -0.39 is 0 Å². The summed E-state index contributed by atoms with van der Waals surface area (Å²) in [5.74, 6) is 1.19. The highest BCUT2D eigenvalue weighted by atomic mass is 32.2. The Hall–Kier alpha value is -0.500. The molecule has 0 fully saturated rings. The van der Waals surface area contributed by atoms with E-state index in [1.807, 2.05) is 24.8 Å². The van der Waals surface area contributed by atoms with Crippen LogP contribution < -0.4 is 0 Å². The predicted molar refractivity (Wildman–Crippen MR) is 54.6 cm³/mol. The van der Waals surface area contributed by atoms with Crippen molar-refractivity contribution in [3.8, 4) is 0 Å². The molecular weight excluding hydrogens is 166 g/mol. The van der Waals surface area contributed by atoms with E-state index >= 15 is 0 Å². The van der Waals surface area contributed by atoms with Gasteiger partial charge in [0.1, 0.15) is 0 Å². The van der Waals surface area contributed by atoms with Gasteiger partial charge in [-0.25, -0.2) is 4.98 Å². The van der Waals surface area contributed by atoms with Gasteiger partial charge < -0.3 is 0 Å². The maximum atomic E-state index is 4.41. The summed E-state index contributed by atoms with van der Waals surface area (Å²) in [6.45, 7) is 4.24. The minimum absolute atomic E-state index is 1.11. The van der Waals surface area contributed by atoms with Gasteiger partial charge in [0.05, 0.1) is 5.03 Å². The van der Waals surface area contributed by atoms with Crippen molar-refractivity contribution < 1.29 is 0 Å². The van der Waals surface area contributed by atoms with Crippen molar-refractivity contribution in [2.24, 2.45) is 0 Å². The molecule has 0 saturated carbocycles. The van der Waals surface area contributed by atoms with Gasteiger partial charge in [-0.05, 0) is 31.2 Å². The van der Waals surface area contributed by atoms with Crippen molar-refractivity contribution in [3.63, 3.8) is 0 Å². The summed E-state index contributed by atoms with van der Waals surface area (Å²) in [5.41, 5.74) is 1.11. The molecule has 0 spiro atoms. The fraction of sp³-hybridized carbons (Fsp3) is 0.500. The Balaban J connectivity index is 2.41. The molecule has 0 radical (unpaired) electrons. The van der Waals surface area contributed by atoms with Gasteiger partial charge in [-0.3, -0.25) is 0 Å². The fourth-order valence-electron chi connectivity index (χ4n) is 0.919. The van der Waals surface area contributed by atoms with Gasteiger partial charge >= 0.3 is 0 Å². The lowest BCUT2D eigenvalue weighted by Crippen LogP contribution is -1.84. The smallest absolute Gasteiger partial charge is 0.0963 e. The highest BCUT2D eigenvalue weighted by molar-refractivity contribution is 7.99. The van der Waals surface area contributed by atoms with E-state index in [0.717, 1.165) is 10.7 Å². The molecule has 1 heterocycles. The number of pyridine rings is 1. The van der Waals surface area contributed by atoms with Crippen LogP contribution in [0.2, 0.25) is 0 Å². The average molecular weight is 181 g/mol. The van der Waals surface area contributed by atoms with Gasteiger partial charge in [0.2, 0.25) is 0 Å². The molecule has 1 aromatic heterocycles. The molecule has 12 heavy (non-hydrogen) atoms. The topological polar surface area (TPSA) is 12.9 Å². The number of aromatic nitrogens is 1. The molecule has 1 nitrogen and oxygen atoms in total. The van der Waals surface area contributed by atoms with E-state index in [2.05, 4.69) is 24.0 Å². The van der Waals surface area contributed by atoms with E-state index in [9.17, 15) is 0 Å². The van der Waals surface area contributed by atoms with Crippen LogP contribution in [0.5, 0.6) is 0 Å². The third kappa shape index (κ3) is 3.26. The molecule has 66 valence electrons. The van der Waals surface area contributed by atoms with Crippen molar-refractivity contribution in [1.29, 1.82) is 0 Å². The first-order valence-corrected chi connectivity index (χ1v) is 5.38. The summed E-state index contributed by atoms with van der Waals surface area (Å²) in [4.78, 5) is 4.41. The Labute approximate surface area is 78.6 Å². The Bertz CT molecular complexity index is 235. The summed E-state index contributed by atoms with van der Waals surface area (Å²) < 4.78 is 0. The highest BCUT2D eigenvalue weighted by Gasteiger charge is 1.94. The summed E-state index contributed by atoms with van der Waals surface area (Å²) in [5, 5.41) is 1.16. The van der Waals surface area contributed by atoms with Crippen molar-refractivity contribution in [1.82, 2.24) is 4.98 Å². The monoisotopic (exact) mass is 181 g/mol. The first-order chi connectivity index (χ1) is 5.83. The second-order valence-electron chi connectivity index (χ2n) is 2.82. The zero-order valence-corrected chi connectivity index (χ0v) is 8.53. The van der Waals surface area contributed by atoms with Gasteiger partial charge in [-0.15, -0.1) is 11.8 Å². The largest absolute Gasteiger partial charge is 0.247 e. The summed E-state index contributed by atoms with van der Waals surface area (Å²) in [6, 6.07) is 6.17. The molecule has 0 saturated heterocycles. The maximum absolute atomic E-state index is 4.41. The molecule has 0 aromatic carbocycles. The van der Waals surface area contributed by atoms with Crippen LogP contribution in [0.1, 0.15) is 25.5 Å². The summed E-state index contributed by atoms with van der Waals surface area (Å²) in [7, 11) is 0. The van der Waals surface area contributed by atoms with Crippen LogP contribution in [0.4, 0.5) is 0 Å². The molecule has 0 aliphatic rings. The highest BCUT2D eigenvalue weighted by Crippen LogP contribution is 2.16. The second kappa shape index (κ2) is 5.20. The number of unbranched alkanes of at least 4 members (excludes halogenated alkanes) is 1. The number of nitrogens with zero attached hydrogens (tertiary/aromatic N) is 1. The van der Waals surface area contributed by atoms with E-state index in [4.69, 9.17) is 0 Å². The first-order valence-electron chi connectivity index (χ1n) is 4.39. The number of hydrogen-bond acceptors (Lipinski definition) is 2. The molecule has 2 heteroatoms. The SMILES string of the molecule is CCCCSc1cccc(C)n1. The van der Waals surface area contributed by atoms with Crippen LogP contribution in [0.3, 0.4) is 0 Å². The van der Waals surface area contributed by atoms with Crippen molar-refractivity contribution >= 4 is 11.8 Å². The lowest BCUT2D eigenvalue weighted by molar-refractivity contribution is 0.894. The molecule has 0 unspecified atom stereocenters. The normalized spacial score (nSPS) is 10.2. The standard InChI is InChI=1S/C10H15NS/c1-3-4-8-12-10-7-5-6-9(2)11-10/h5-7H,3-4,8H2,1-2H3. The Morgan fingerprint density at radius 1 is 1.42 bits per heavy atom. The maximum Gasteiger partial charge on any atom is 0.0963 e. The lowest BCUT2D eigenvalue weighted by atomic mass is 10.4. The second-order valence-corrected chi connectivity index (χ2v) is 3.93. The average Bonchev–Trinajstić information content (AvgIpc) is 2.05. The number of aryl methyl sites for hydroxylation is 1. The van der Waals surface area contributed by atoms with Crippen LogP contribution in [0.25, 0.3) is 0 Å². The zero-order valence-electron chi connectivity index (χ0n) is 7.71. The molecule has 1 aromatic rings. The molecule has 0 amide bonds. The lowest BCUT2D eigenvalue weighted by Gasteiger charge is -1.99. The minimum Gasteiger partial charge on any atom is -0.247 e. The van der Waals surface area contributed by atoms with Crippen LogP contribution in [-0.2, 0) is 0 Å². The van der Waals surface area contributed by atoms with E-state index in [-0.39, 0.29) is 0 Å². The van der Waals surface area contributed by atoms with Crippen LogP contribution in [-0.4, -0.2) is 10.7 Å². The van der Waals surface area contributed by atoms with Crippen LogP contribution in [0.15, 0.2) is 23.2 Å². The number of rotatable bonds is 4. The quantitative estimate of drug-likeness (QED) is 0.522. The Morgan fingerprint density at radius 2 is 2.25 bits per heavy atom. The van der Waals surface area contributed by atoms with E-state index in [1.54, 1.807) is 0 Å². The third-order valence-corrected chi connectivity index (χ3v) is 2.63. The Morgan fingerprint density at radius 3 is 2.92 bits per heavy atom. The van der Waals surface area contributed by atoms with Crippen LogP contribution >= 0.6 is 11.8 Å². The molecule has 0 bridgehead atoms. The zero-order chi connectivity index (χ0) is 8.81. The van der Waals surface area contributed by atoms with Crippen molar-refractivity contribution in [3.05, 3.63) is 23.9 Å². The minimum atomic E-state index is 1.11. The molecule has 0 N–H and O–H groups in total. The first kappa shape index (κ1) is 9.59. The van der Waals surface area contributed by atoms with Gasteiger partial charge in [-0.1, -0.05) is 19.4 Å². The van der Waals surface area contributed by atoms with Gasteiger partial charge in [-0.2, -0.15) is 0 Å². The molecule has 0 aliphatic carbocycles. The number of thioether (sulfide) groups is 1. The van der Waals surface area contributed by atoms with Gasteiger partial charge in [0.15, 0.2) is 0 Å². The molecule has 1 rings (SSSR count). The fourth-order valence-corrected chi connectivity index (χ4v) is 1.94. The van der Waals surface area contributed by atoms with Crippen LogP contribution in [0, 0.1) is 6.92 Å². The van der Waals surface area contributed by atoms with Gasteiger partial charge in [0, 0.05) is 5.69 Å². The van der Waals surface area contributed by atoms with Gasteiger partial charge in [0.25, 0.3) is 0 Å².